The largest absolute Gasteiger partial charge is 0.497 e. The monoisotopic (exact) mass is 467 g/mol. The van der Waals surface area contributed by atoms with Gasteiger partial charge in [-0.15, -0.1) is 0 Å². The average molecular weight is 468 g/mol. The molecule has 8 nitrogen and oxygen atoms in total. The molecule has 0 aliphatic rings. The van der Waals surface area contributed by atoms with E-state index in [1.165, 1.54) is 0 Å². The van der Waals surface area contributed by atoms with E-state index in [1.54, 1.807) is 32.2 Å². The number of nitrogens with one attached hydrogen (secondary N) is 1. The van der Waals surface area contributed by atoms with Gasteiger partial charge in [0.05, 0.1) is 29.8 Å². The first-order valence-electron chi connectivity index (χ1n) is 10.3. The molecule has 3 aromatic carbocycles. The van der Waals surface area contributed by atoms with Crippen molar-refractivity contribution in [3.63, 3.8) is 0 Å². The second-order valence-electron chi connectivity index (χ2n) is 7.81. The molecule has 4 aromatic rings. The Morgan fingerprint density at radius 3 is 2.42 bits per heavy atom. The average Bonchev–Trinajstić information content (AvgIpc) is 3.06. The first-order chi connectivity index (χ1) is 15.7. The van der Waals surface area contributed by atoms with Crippen molar-refractivity contribution in [1.82, 2.24) is 9.29 Å². The van der Waals surface area contributed by atoms with E-state index in [1.807, 2.05) is 42.5 Å². The number of aromatic nitrogens is 1. The summed E-state index contributed by atoms with van der Waals surface area (Å²) >= 11 is 0. The van der Waals surface area contributed by atoms with Gasteiger partial charge in [-0.3, -0.25) is 4.79 Å². The molecule has 1 unspecified atom stereocenters. The van der Waals surface area contributed by atoms with Crippen molar-refractivity contribution < 1.29 is 22.7 Å². The zero-order valence-corrected chi connectivity index (χ0v) is 19.3. The molecule has 0 bridgehead atoms. The number of carbonyl (C=O) groups excluding carboxylic acids is 1. The van der Waals surface area contributed by atoms with Crippen LogP contribution in [0.25, 0.3) is 21.8 Å². The number of fused-ring (bicyclic) bond motifs is 3. The summed E-state index contributed by atoms with van der Waals surface area (Å²) in [5, 5.41) is 1.29. The summed E-state index contributed by atoms with van der Waals surface area (Å²) in [6.07, 6.45) is 0.203. The molecule has 0 saturated carbocycles. The maximum atomic E-state index is 12.3. The van der Waals surface area contributed by atoms with Crippen molar-refractivity contribution in [2.75, 3.05) is 13.4 Å². The number of carbonyl (C=O) groups is 1. The second kappa shape index (κ2) is 8.76. The zero-order chi connectivity index (χ0) is 23.8. The highest BCUT2D eigenvalue weighted by Crippen LogP contribution is 2.41. The first-order valence-corrected chi connectivity index (χ1v) is 12.2. The summed E-state index contributed by atoms with van der Waals surface area (Å²) < 4.78 is 39.4. The summed E-state index contributed by atoms with van der Waals surface area (Å²) in [6.45, 7) is 2.12. The van der Waals surface area contributed by atoms with E-state index < -0.39 is 22.2 Å². The Hall–Kier alpha value is -3.56. The second-order valence-corrected chi connectivity index (χ2v) is 9.59. The molecule has 1 aromatic heterocycles. The van der Waals surface area contributed by atoms with E-state index in [2.05, 4.69) is 9.29 Å². The highest BCUT2D eigenvalue weighted by atomic mass is 32.2. The summed E-state index contributed by atoms with van der Waals surface area (Å²) in [4.78, 5) is 12.3. The third-order valence-corrected chi connectivity index (χ3v) is 6.06. The third-order valence-electron chi connectivity index (χ3n) is 5.30. The Kier molecular flexibility index (Phi) is 6.01. The van der Waals surface area contributed by atoms with Crippen molar-refractivity contribution in [1.29, 1.82) is 0 Å². The van der Waals surface area contributed by atoms with E-state index >= 15 is 0 Å². The molecule has 3 N–H and O–H groups in total. The van der Waals surface area contributed by atoms with Crippen LogP contribution in [-0.2, 0) is 16.6 Å². The molecule has 172 valence electrons. The number of hydrogen-bond acceptors (Lipinski definition) is 5. The molecule has 1 atom stereocenters. The number of hydrogen-bond donors (Lipinski definition) is 2. The quantitative estimate of drug-likeness (QED) is 0.386. The number of benzene rings is 3. The Morgan fingerprint density at radius 1 is 1.06 bits per heavy atom. The normalized spacial score (nSPS) is 12.7. The van der Waals surface area contributed by atoms with Crippen LogP contribution in [0.2, 0.25) is 0 Å². The van der Waals surface area contributed by atoms with Crippen LogP contribution in [0.15, 0.2) is 60.7 Å². The van der Waals surface area contributed by atoms with E-state index in [0.29, 0.717) is 34.4 Å². The van der Waals surface area contributed by atoms with Crippen molar-refractivity contribution >= 4 is 37.7 Å². The van der Waals surface area contributed by atoms with Gasteiger partial charge in [-0.1, -0.05) is 36.4 Å². The molecule has 0 saturated heterocycles. The molecule has 33 heavy (non-hydrogen) atoms. The number of sulfonamides is 1. The lowest BCUT2D eigenvalue weighted by Crippen LogP contribution is -2.35. The maximum absolute atomic E-state index is 12.3. The number of methoxy groups -OCH3 is 1. The Labute approximate surface area is 191 Å². The third kappa shape index (κ3) is 4.64. The lowest BCUT2D eigenvalue weighted by molar-refractivity contribution is 0.100. The standard InChI is InChI=1S/C24H25N3O5S/c1-15(26-33(3,29)30)32-21-13-17(31-2)12-20-23(21)22-18(24(25)28)10-7-11-19(22)27(20)14-16-8-5-4-6-9-16/h4-13,15,26H,14H2,1-3H3,(H2,25,28). The van der Waals surface area contributed by atoms with Crippen LogP contribution in [0.5, 0.6) is 11.5 Å². The van der Waals surface area contributed by atoms with Crippen LogP contribution in [0.3, 0.4) is 0 Å². The number of primary amides is 1. The fraction of sp³-hybridized carbons (Fsp3) is 0.208. The lowest BCUT2D eigenvalue weighted by atomic mass is 10.0. The molecule has 0 aliphatic heterocycles. The van der Waals surface area contributed by atoms with Gasteiger partial charge in [0.25, 0.3) is 0 Å². The van der Waals surface area contributed by atoms with Crippen molar-refractivity contribution in [3.8, 4) is 11.5 Å². The van der Waals surface area contributed by atoms with Gasteiger partial charge in [-0.2, -0.15) is 4.72 Å². The van der Waals surface area contributed by atoms with Crippen molar-refractivity contribution in [3.05, 3.63) is 71.8 Å². The predicted octanol–water partition coefficient (Wildman–Crippen LogP) is 3.22. The SMILES string of the molecule is COc1cc(OC(C)NS(C)(=O)=O)c2c3c(C(N)=O)cccc3n(Cc3ccccc3)c2c1. The number of amides is 1. The van der Waals surface area contributed by atoms with Gasteiger partial charge in [-0.05, 0) is 24.6 Å². The molecular formula is C24H25N3O5S. The Bertz CT molecular complexity index is 1450. The van der Waals surface area contributed by atoms with Gasteiger partial charge in [0.2, 0.25) is 15.9 Å². The molecule has 1 amide bonds. The molecular weight excluding hydrogens is 442 g/mol. The van der Waals surface area contributed by atoms with Crippen molar-refractivity contribution in [2.45, 2.75) is 19.7 Å². The van der Waals surface area contributed by atoms with Gasteiger partial charge in [0.15, 0.2) is 6.23 Å². The minimum absolute atomic E-state index is 0.350. The van der Waals surface area contributed by atoms with E-state index in [4.69, 9.17) is 15.2 Å². The van der Waals surface area contributed by atoms with Crippen LogP contribution in [0, 0.1) is 0 Å². The predicted molar refractivity (Wildman–Crippen MR) is 128 cm³/mol. The highest BCUT2D eigenvalue weighted by Gasteiger charge is 2.22. The minimum Gasteiger partial charge on any atom is -0.497 e. The van der Waals surface area contributed by atoms with Crippen LogP contribution >= 0.6 is 0 Å². The Morgan fingerprint density at radius 2 is 1.79 bits per heavy atom. The maximum Gasteiger partial charge on any atom is 0.249 e. The summed E-state index contributed by atoms with van der Waals surface area (Å²) in [6, 6.07) is 18.8. The number of nitrogens with zero attached hydrogens (tertiary/aromatic N) is 1. The fourth-order valence-electron chi connectivity index (χ4n) is 4.07. The summed E-state index contributed by atoms with van der Waals surface area (Å²) in [5.41, 5.74) is 8.70. The number of rotatable bonds is 8. The van der Waals surface area contributed by atoms with Gasteiger partial charge in [0, 0.05) is 29.6 Å². The van der Waals surface area contributed by atoms with Crippen molar-refractivity contribution in [2.24, 2.45) is 5.73 Å². The fourth-order valence-corrected chi connectivity index (χ4v) is 4.72. The molecule has 4 rings (SSSR count). The van der Waals surface area contributed by atoms with E-state index in [-0.39, 0.29) is 0 Å². The van der Waals surface area contributed by atoms with Crippen LogP contribution in [0.4, 0.5) is 0 Å². The smallest absolute Gasteiger partial charge is 0.249 e. The van der Waals surface area contributed by atoms with Crippen LogP contribution in [-0.4, -0.2) is 38.5 Å². The molecule has 1 heterocycles. The van der Waals surface area contributed by atoms with Gasteiger partial charge >= 0.3 is 0 Å². The van der Waals surface area contributed by atoms with E-state index in [9.17, 15) is 13.2 Å². The first kappa shape index (κ1) is 22.6. The van der Waals surface area contributed by atoms with E-state index in [0.717, 1.165) is 22.9 Å². The minimum atomic E-state index is -3.50. The number of ether oxygens (including phenoxy) is 2. The summed E-state index contributed by atoms with van der Waals surface area (Å²) in [5.74, 6) is 0.337. The molecule has 0 aliphatic carbocycles. The molecule has 0 spiro atoms. The zero-order valence-electron chi connectivity index (χ0n) is 18.5. The van der Waals surface area contributed by atoms with Gasteiger partial charge in [-0.25, -0.2) is 8.42 Å². The molecule has 0 radical (unpaired) electrons. The molecule has 0 fully saturated rings. The number of nitrogens with two attached hydrogens (primary N) is 1. The van der Waals surface area contributed by atoms with Crippen LogP contribution in [0.1, 0.15) is 22.8 Å². The van der Waals surface area contributed by atoms with Crippen LogP contribution < -0.4 is 19.9 Å². The molecule has 9 heteroatoms. The highest BCUT2D eigenvalue weighted by molar-refractivity contribution is 7.88. The lowest BCUT2D eigenvalue weighted by Gasteiger charge is -2.17. The topological polar surface area (TPSA) is 113 Å². The van der Waals surface area contributed by atoms with Gasteiger partial charge in [0.1, 0.15) is 11.5 Å². The Balaban J connectivity index is 2.03. The van der Waals surface area contributed by atoms with Gasteiger partial charge < -0.3 is 19.8 Å². The summed E-state index contributed by atoms with van der Waals surface area (Å²) in [7, 11) is -1.95.